The Bertz CT molecular complexity index is 350. The number of hydrogen-bond acceptors (Lipinski definition) is 3. The third kappa shape index (κ3) is 2.42. The zero-order chi connectivity index (χ0) is 11.4. The van der Waals surface area contributed by atoms with Crippen LogP contribution < -0.4 is 5.32 Å². The zero-order valence-electron chi connectivity index (χ0n) is 9.48. The molecule has 0 spiro atoms. The molecule has 2 rings (SSSR count). The number of methoxy groups -OCH3 is 1. The van der Waals surface area contributed by atoms with Crippen molar-refractivity contribution >= 4 is 5.97 Å². The van der Waals surface area contributed by atoms with Gasteiger partial charge in [-0.1, -0.05) is 30.3 Å². The van der Waals surface area contributed by atoms with Gasteiger partial charge in [-0.15, -0.1) is 0 Å². The SMILES string of the molecule is COC(=O)C1CC(c2ccccc2)CCN1. The Kier molecular flexibility index (Phi) is 3.57. The number of hydrogen-bond donors (Lipinski definition) is 1. The summed E-state index contributed by atoms with van der Waals surface area (Å²) in [5.41, 5.74) is 1.32. The first-order valence-electron chi connectivity index (χ1n) is 5.67. The van der Waals surface area contributed by atoms with Crippen LogP contribution in [0.4, 0.5) is 0 Å². The van der Waals surface area contributed by atoms with E-state index >= 15 is 0 Å². The van der Waals surface area contributed by atoms with Gasteiger partial charge >= 0.3 is 5.97 Å². The van der Waals surface area contributed by atoms with E-state index in [-0.39, 0.29) is 12.0 Å². The molecule has 0 aromatic heterocycles. The van der Waals surface area contributed by atoms with Gasteiger partial charge in [0.25, 0.3) is 0 Å². The fraction of sp³-hybridized carbons (Fsp3) is 0.462. The molecule has 2 atom stereocenters. The standard InChI is InChI=1S/C13H17NO2/c1-16-13(15)12-9-11(7-8-14-12)10-5-3-2-4-6-10/h2-6,11-12,14H,7-9H2,1H3. The molecule has 1 aliphatic heterocycles. The second-order valence-corrected chi connectivity index (χ2v) is 4.16. The fourth-order valence-corrected chi connectivity index (χ4v) is 2.27. The van der Waals surface area contributed by atoms with Crippen LogP contribution in [0.5, 0.6) is 0 Å². The second-order valence-electron chi connectivity index (χ2n) is 4.16. The van der Waals surface area contributed by atoms with Crippen molar-refractivity contribution < 1.29 is 9.53 Å². The van der Waals surface area contributed by atoms with Crippen LogP contribution in [-0.2, 0) is 9.53 Å². The first kappa shape index (κ1) is 11.1. The molecule has 1 fully saturated rings. The van der Waals surface area contributed by atoms with E-state index in [9.17, 15) is 4.79 Å². The van der Waals surface area contributed by atoms with Crippen molar-refractivity contribution in [1.29, 1.82) is 0 Å². The average molecular weight is 219 g/mol. The average Bonchev–Trinajstić information content (AvgIpc) is 2.39. The van der Waals surface area contributed by atoms with E-state index in [2.05, 4.69) is 17.4 Å². The smallest absolute Gasteiger partial charge is 0.322 e. The highest BCUT2D eigenvalue weighted by molar-refractivity contribution is 5.75. The van der Waals surface area contributed by atoms with Crippen molar-refractivity contribution in [2.24, 2.45) is 0 Å². The van der Waals surface area contributed by atoms with Crippen LogP contribution in [0.3, 0.4) is 0 Å². The molecule has 86 valence electrons. The van der Waals surface area contributed by atoms with Gasteiger partial charge in [0.15, 0.2) is 0 Å². The molecule has 1 saturated heterocycles. The number of nitrogens with one attached hydrogen (secondary N) is 1. The van der Waals surface area contributed by atoms with Crippen LogP contribution >= 0.6 is 0 Å². The summed E-state index contributed by atoms with van der Waals surface area (Å²) < 4.78 is 4.77. The highest BCUT2D eigenvalue weighted by Crippen LogP contribution is 2.27. The van der Waals surface area contributed by atoms with Gasteiger partial charge in [-0.3, -0.25) is 4.79 Å². The largest absolute Gasteiger partial charge is 0.468 e. The molecule has 1 aromatic carbocycles. The molecule has 16 heavy (non-hydrogen) atoms. The van der Waals surface area contributed by atoms with Gasteiger partial charge in [0, 0.05) is 0 Å². The Morgan fingerprint density at radius 1 is 1.38 bits per heavy atom. The minimum Gasteiger partial charge on any atom is -0.468 e. The van der Waals surface area contributed by atoms with Crippen molar-refractivity contribution in [3.63, 3.8) is 0 Å². The molecule has 3 nitrogen and oxygen atoms in total. The lowest BCUT2D eigenvalue weighted by Gasteiger charge is -2.28. The Balaban J connectivity index is 2.05. The fourth-order valence-electron chi connectivity index (χ4n) is 2.27. The number of benzene rings is 1. The number of esters is 1. The summed E-state index contributed by atoms with van der Waals surface area (Å²) in [6, 6.07) is 10.2. The number of carbonyl (C=O) groups excluding carboxylic acids is 1. The van der Waals surface area contributed by atoms with Gasteiger partial charge < -0.3 is 10.1 Å². The van der Waals surface area contributed by atoms with Crippen molar-refractivity contribution in [2.75, 3.05) is 13.7 Å². The van der Waals surface area contributed by atoms with Gasteiger partial charge in [0.2, 0.25) is 0 Å². The monoisotopic (exact) mass is 219 g/mol. The minimum absolute atomic E-state index is 0.149. The lowest BCUT2D eigenvalue weighted by Crippen LogP contribution is -2.43. The van der Waals surface area contributed by atoms with E-state index in [1.165, 1.54) is 12.7 Å². The topological polar surface area (TPSA) is 38.3 Å². The van der Waals surface area contributed by atoms with Crippen molar-refractivity contribution in [3.8, 4) is 0 Å². The molecule has 3 heteroatoms. The lowest BCUT2D eigenvalue weighted by atomic mass is 9.86. The van der Waals surface area contributed by atoms with Crippen molar-refractivity contribution in [3.05, 3.63) is 35.9 Å². The maximum absolute atomic E-state index is 11.5. The van der Waals surface area contributed by atoms with Gasteiger partial charge in [-0.05, 0) is 30.9 Å². The van der Waals surface area contributed by atoms with Crippen LogP contribution in [0.15, 0.2) is 30.3 Å². The lowest BCUT2D eigenvalue weighted by molar-refractivity contribution is -0.143. The summed E-state index contributed by atoms with van der Waals surface area (Å²) in [6.45, 7) is 0.874. The van der Waals surface area contributed by atoms with Gasteiger partial charge in [0.05, 0.1) is 7.11 Å². The summed E-state index contributed by atoms with van der Waals surface area (Å²) in [6.07, 6.45) is 1.91. The molecular weight excluding hydrogens is 202 g/mol. The molecule has 1 heterocycles. The van der Waals surface area contributed by atoms with Crippen molar-refractivity contribution in [2.45, 2.75) is 24.8 Å². The Morgan fingerprint density at radius 2 is 2.12 bits per heavy atom. The van der Waals surface area contributed by atoms with E-state index in [0.29, 0.717) is 5.92 Å². The summed E-state index contributed by atoms with van der Waals surface area (Å²) in [7, 11) is 1.44. The van der Waals surface area contributed by atoms with Crippen LogP contribution in [0, 0.1) is 0 Å². The molecular formula is C13H17NO2. The summed E-state index contributed by atoms with van der Waals surface area (Å²) in [4.78, 5) is 11.5. The van der Waals surface area contributed by atoms with Crippen LogP contribution in [0.1, 0.15) is 24.3 Å². The third-order valence-electron chi connectivity index (χ3n) is 3.16. The predicted octanol–water partition coefficient (Wildman–Crippen LogP) is 1.70. The molecule has 0 aliphatic carbocycles. The third-order valence-corrected chi connectivity index (χ3v) is 3.16. The first-order chi connectivity index (χ1) is 7.81. The summed E-state index contributed by atoms with van der Waals surface area (Å²) in [5.74, 6) is 0.312. The molecule has 0 radical (unpaired) electrons. The Labute approximate surface area is 95.8 Å². The molecule has 1 aromatic rings. The maximum Gasteiger partial charge on any atom is 0.322 e. The van der Waals surface area contributed by atoms with Gasteiger partial charge in [-0.2, -0.15) is 0 Å². The first-order valence-corrected chi connectivity index (χ1v) is 5.67. The van der Waals surface area contributed by atoms with Gasteiger partial charge in [0.1, 0.15) is 6.04 Å². The van der Waals surface area contributed by atoms with Gasteiger partial charge in [-0.25, -0.2) is 0 Å². The molecule has 0 saturated carbocycles. The predicted molar refractivity (Wildman–Crippen MR) is 62.2 cm³/mol. The van der Waals surface area contributed by atoms with E-state index in [4.69, 9.17) is 4.74 Å². The normalized spacial score (nSPS) is 25.1. The minimum atomic E-state index is -0.152. The van der Waals surface area contributed by atoms with Crippen LogP contribution in [0.2, 0.25) is 0 Å². The Morgan fingerprint density at radius 3 is 2.81 bits per heavy atom. The number of rotatable bonds is 2. The molecule has 0 amide bonds. The van der Waals surface area contributed by atoms with E-state index in [1.807, 2.05) is 18.2 Å². The summed E-state index contributed by atoms with van der Waals surface area (Å²) >= 11 is 0. The van der Waals surface area contributed by atoms with Crippen LogP contribution in [0.25, 0.3) is 0 Å². The van der Waals surface area contributed by atoms with E-state index < -0.39 is 0 Å². The Hall–Kier alpha value is -1.35. The van der Waals surface area contributed by atoms with E-state index in [1.54, 1.807) is 0 Å². The highest BCUT2D eigenvalue weighted by atomic mass is 16.5. The molecule has 1 aliphatic rings. The number of ether oxygens (including phenoxy) is 1. The number of piperidine rings is 1. The number of carbonyl (C=O) groups is 1. The quantitative estimate of drug-likeness (QED) is 0.769. The molecule has 2 unspecified atom stereocenters. The molecule has 0 bridgehead atoms. The highest BCUT2D eigenvalue weighted by Gasteiger charge is 2.27. The molecule has 1 N–H and O–H groups in total. The van der Waals surface area contributed by atoms with Crippen molar-refractivity contribution in [1.82, 2.24) is 5.32 Å². The summed E-state index contributed by atoms with van der Waals surface area (Å²) in [5, 5.41) is 3.19. The van der Waals surface area contributed by atoms with E-state index in [0.717, 1.165) is 19.4 Å². The second kappa shape index (κ2) is 5.12. The maximum atomic E-state index is 11.5. The zero-order valence-corrected chi connectivity index (χ0v) is 9.48. The van der Waals surface area contributed by atoms with Crippen LogP contribution in [-0.4, -0.2) is 25.7 Å².